The third-order valence-corrected chi connectivity index (χ3v) is 6.05. The number of carbonyl (C=O) groups excluding carboxylic acids is 1. The number of H-pyrrole nitrogens is 1. The van der Waals surface area contributed by atoms with Gasteiger partial charge >= 0.3 is 6.18 Å². The van der Waals surface area contributed by atoms with E-state index in [0.29, 0.717) is 5.52 Å². The molecular weight excluding hydrogens is 499 g/mol. The average Bonchev–Trinajstić information content (AvgIpc) is 3.19. The Balaban J connectivity index is 1.67. The number of halogens is 6. The van der Waals surface area contributed by atoms with E-state index in [1.54, 1.807) is 0 Å². The maximum absolute atomic E-state index is 14.4. The summed E-state index contributed by atoms with van der Waals surface area (Å²) >= 11 is 11.8. The van der Waals surface area contributed by atoms with Crippen LogP contribution in [0, 0.1) is 5.82 Å². The molecule has 1 saturated carbocycles. The van der Waals surface area contributed by atoms with Gasteiger partial charge in [0, 0.05) is 12.1 Å². The summed E-state index contributed by atoms with van der Waals surface area (Å²) in [4.78, 5) is 20.0. The minimum atomic E-state index is -4.59. The van der Waals surface area contributed by atoms with Crippen LogP contribution in [-0.2, 0) is 0 Å². The summed E-state index contributed by atoms with van der Waals surface area (Å²) in [5.41, 5.74) is 0.336. The highest BCUT2D eigenvalue weighted by atomic mass is 35.5. The highest BCUT2D eigenvalue weighted by Gasteiger charge is 2.30. The van der Waals surface area contributed by atoms with Crippen LogP contribution in [0.25, 0.3) is 11.0 Å². The lowest BCUT2D eigenvalue weighted by Crippen LogP contribution is -2.36. The number of hydrogen-bond donors (Lipinski definition) is 3. The van der Waals surface area contributed by atoms with Crippen LogP contribution < -0.4 is 15.4 Å². The molecule has 1 aliphatic rings. The topological polar surface area (TPSA) is 79.0 Å². The summed E-state index contributed by atoms with van der Waals surface area (Å²) in [5, 5.41) is 5.44. The molecule has 2 aromatic carbocycles. The number of aromatic amines is 1. The van der Waals surface area contributed by atoms with Crippen LogP contribution in [0.2, 0.25) is 10.0 Å². The Kier molecular flexibility index (Phi) is 7.09. The standard InChI is InChI=1S/C22H20Cl2F4N4O2/c23-13-6-7-14(24)19(18(13)25)32-21-30-15-8-12(20(33)29-11-4-2-1-3-5-11)17(9-16(15)31-21)34-10-22(26,27)28/h6-9,11H,1-5,10H2,(H,29,33)(H2,30,31,32). The first-order chi connectivity index (χ1) is 16.1. The largest absolute Gasteiger partial charge is 0.483 e. The number of rotatable bonds is 6. The molecule has 12 heteroatoms. The number of aromatic nitrogens is 2. The molecule has 1 aromatic heterocycles. The number of imidazole rings is 1. The number of benzene rings is 2. The molecule has 0 bridgehead atoms. The number of nitrogens with one attached hydrogen (secondary N) is 3. The van der Waals surface area contributed by atoms with Crippen LogP contribution in [-0.4, -0.2) is 34.7 Å². The number of amides is 1. The molecule has 1 amide bonds. The van der Waals surface area contributed by atoms with Gasteiger partial charge in [-0.05, 0) is 31.0 Å². The van der Waals surface area contributed by atoms with Gasteiger partial charge in [0.1, 0.15) is 5.75 Å². The van der Waals surface area contributed by atoms with E-state index in [0.717, 1.165) is 32.1 Å². The molecule has 4 rings (SSSR count). The van der Waals surface area contributed by atoms with E-state index in [9.17, 15) is 22.4 Å². The third-order valence-electron chi connectivity index (χ3n) is 5.45. The van der Waals surface area contributed by atoms with Gasteiger partial charge in [0.05, 0.1) is 32.3 Å². The zero-order valence-corrected chi connectivity index (χ0v) is 19.2. The van der Waals surface area contributed by atoms with Crippen molar-refractivity contribution in [2.45, 2.75) is 44.3 Å². The van der Waals surface area contributed by atoms with Crippen LogP contribution in [0.3, 0.4) is 0 Å². The number of ether oxygens (including phenoxy) is 1. The molecule has 0 spiro atoms. The van der Waals surface area contributed by atoms with Crippen molar-refractivity contribution < 1.29 is 27.1 Å². The highest BCUT2D eigenvalue weighted by Crippen LogP contribution is 2.34. The van der Waals surface area contributed by atoms with E-state index < -0.39 is 24.5 Å². The fourth-order valence-corrected chi connectivity index (χ4v) is 4.17. The maximum atomic E-state index is 14.4. The van der Waals surface area contributed by atoms with Crippen molar-refractivity contribution in [3.63, 3.8) is 0 Å². The molecular formula is C22H20Cl2F4N4O2. The predicted molar refractivity (Wildman–Crippen MR) is 122 cm³/mol. The summed E-state index contributed by atoms with van der Waals surface area (Å²) in [6, 6.07) is 5.22. The van der Waals surface area contributed by atoms with Crippen molar-refractivity contribution in [2.75, 3.05) is 11.9 Å². The maximum Gasteiger partial charge on any atom is 0.422 e. The zero-order valence-electron chi connectivity index (χ0n) is 17.7. The highest BCUT2D eigenvalue weighted by molar-refractivity contribution is 6.35. The summed E-state index contributed by atoms with van der Waals surface area (Å²) in [7, 11) is 0. The molecule has 3 N–H and O–H groups in total. The van der Waals surface area contributed by atoms with Gasteiger partial charge in [0.2, 0.25) is 5.95 Å². The van der Waals surface area contributed by atoms with E-state index in [4.69, 9.17) is 27.9 Å². The molecule has 0 unspecified atom stereocenters. The summed E-state index contributed by atoms with van der Waals surface area (Å²) in [6.45, 7) is -1.57. The molecule has 34 heavy (non-hydrogen) atoms. The fraction of sp³-hybridized carbons (Fsp3) is 0.364. The van der Waals surface area contributed by atoms with Crippen molar-refractivity contribution in [3.8, 4) is 5.75 Å². The second-order valence-corrected chi connectivity index (χ2v) is 8.82. The molecule has 0 radical (unpaired) electrons. The molecule has 182 valence electrons. The van der Waals surface area contributed by atoms with Crippen molar-refractivity contribution in [3.05, 3.63) is 45.7 Å². The van der Waals surface area contributed by atoms with Crippen molar-refractivity contribution >= 4 is 51.8 Å². The van der Waals surface area contributed by atoms with Gasteiger partial charge in [-0.1, -0.05) is 42.5 Å². The second kappa shape index (κ2) is 9.87. The Morgan fingerprint density at radius 3 is 2.56 bits per heavy atom. The van der Waals surface area contributed by atoms with Crippen LogP contribution >= 0.6 is 23.2 Å². The first-order valence-electron chi connectivity index (χ1n) is 10.6. The lowest BCUT2D eigenvalue weighted by Gasteiger charge is -2.23. The fourth-order valence-electron chi connectivity index (χ4n) is 3.82. The Labute approximate surface area is 202 Å². The summed E-state index contributed by atoms with van der Waals surface area (Å²) < 4.78 is 57.7. The summed E-state index contributed by atoms with van der Waals surface area (Å²) in [5.74, 6) is -1.55. The zero-order chi connectivity index (χ0) is 24.5. The van der Waals surface area contributed by atoms with Gasteiger partial charge < -0.3 is 20.4 Å². The SMILES string of the molecule is O=C(NC1CCCCC1)c1cc2[nH]c(Nc3c(Cl)ccc(Cl)c3F)nc2cc1OCC(F)(F)F. The molecule has 6 nitrogen and oxygen atoms in total. The number of nitrogens with zero attached hydrogens (tertiary/aromatic N) is 1. The number of fused-ring (bicyclic) bond motifs is 1. The minimum absolute atomic E-state index is 0.0455. The van der Waals surface area contributed by atoms with Crippen LogP contribution in [0.1, 0.15) is 42.5 Å². The molecule has 0 aliphatic heterocycles. The smallest absolute Gasteiger partial charge is 0.422 e. The van der Waals surface area contributed by atoms with E-state index in [2.05, 4.69) is 20.6 Å². The van der Waals surface area contributed by atoms with Crippen molar-refractivity contribution in [1.82, 2.24) is 15.3 Å². The quantitative estimate of drug-likeness (QED) is 0.249. The monoisotopic (exact) mass is 518 g/mol. The molecule has 3 aromatic rings. The van der Waals surface area contributed by atoms with Gasteiger partial charge in [0.15, 0.2) is 12.4 Å². The van der Waals surface area contributed by atoms with E-state index in [1.807, 2.05) is 0 Å². The van der Waals surface area contributed by atoms with Gasteiger partial charge in [-0.15, -0.1) is 0 Å². The van der Waals surface area contributed by atoms with Gasteiger partial charge in [-0.2, -0.15) is 13.2 Å². The molecule has 0 saturated heterocycles. The number of hydrogen-bond acceptors (Lipinski definition) is 4. The first kappa shape index (κ1) is 24.4. The van der Waals surface area contributed by atoms with E-state index in [1.165, 1.54) is 24.3 Å². The lowest BCUT2D eigenvalue weighted by atomic mass is 9.95. The van der Waals surface area contributed by atoms with E-state index in [-0.39, 0.29) is 44.6 Å². The van der Waals surface area contributed by atoms with Crippen LogP contribution in [0.5, 0.6) is 5.75 Å². The predicted octanol–water partition coefficient (Wildman–Crippen LogP) is 6.76. The minimum Gasteiger partial charge on any atom is -0.483 e. The summed E-state index contributed by atoms with van der Waals surface area (Å²) in [6.07, 6.45) is 0.0392. The second-order valence-electron chi connectivity index (χ2n) is 8.01. The number of anilines is 2. The molecule has 0 atom stereocenters. The van der Waals surface area contributed by atoms with Gasteiger partial charge in [-0.25, -0.2) is 9.37 Å². The first-order valence-corrected chi connectivity index (χ1v) is 11.3. The van der Waals surface area contributed by atoms with E-state index >= 15 is 0 Å². The Hall–Kier alpha value is -2.72. The Bertz CT molecular complexity index is 1210. The van der Waals surface area contributed by atoms with Crippen molar-refractivity contribution in [1.29, 1.82) is 0 Å². The molecule has 1 heterocycles. The van der Waals surface area contributed by atoms with Crippen molar-refractivity contribution in [2.24, 2.45) is 0 Å². The Morgan fingerprint density at radius 1 is 1.15 bits per heavy atom. The average molecular weight is 519 g/mol. The van der Waals surface area contributed by atoms with Crippen LogP contribution in [0.15, 0.2) is 24.3 Å². The molecule has 1 aliphatic carbocycles. The van der Waals surface area contributed by atoms with Gasteiger partial charge in [-0.3, -0.25) is 4.79 Å². The normalized spacial score (nSPS) is 14.9. The number of alkyl halides is 3. The lowest BCUT2D eigenvalue weighted by molar-refractivity contribution is -0.153. The number of carbonyl (C=O) groups is 1. The third kappa shape index (κ3) is 5.67. The van der Waals surface area contributed by atoms with Crippen LogP contribution in [0.4, 0.5) is 29.2 Å². The molecule has 1 fully saturated rings. The Morgan fingerprint density at radius 2 is 1.85 bits per heavy atom. The van der Waals surface area contributed by atoms with Gasteiger partial charge in [0.25, 0.3) is 5.91 Å².